The van der Waals surface area contributed by atoms with Gasteiger partial charge in [0.25, 0.3) is 10.0 Å². The molecule has 0 amide bonds. The number of alkyl halides is 3. The zero-order valence-electron chi connectivity index (χ0n) is 16.5. The van der Waals surface area contributed by atoms with Gasteiger partial charge in [-0.05, 0) is 24.3 Å². The van der Waals surface area contributed by atoms with Crippen LogP contribution in [0.25, 0.3) is 10.8 Å². The van der Waals surface area contributed by atoms with Crippen molar-refractivity contribution in [3.05, 3.63) is 70.2 Å². The van der Waals surface area contributed by atoms with E-state index in [1.54, 1.807) is 24.3 Å². The van der Waals surface area contributed by atoms with Gasteiger partial charge in [0.05, 0.1) is 26.1 Å². The van der Waals surface area contributed by atoms with Gasteiger partial charge in [0, 0.05) is 15.2 Å². The molecule has 174 valence electrons. The molecule has 0 radical (unpaired) electrons. The summed E-state index contributed by atoms with van der Waals surface area (Å²) >= 11 is 3.73. The van der Waals surface area contributed by atoms with Crippen molar-refractivity contribution in [2.45, 2.75) is 16.0 Å². The summed E-state index contributed by atoms with van der Waals surface area (Å²) in [4.78, 5) is 3.54. The zero-order valence-corrected chi connectivity index (χ0v) is 19.7. The topological polar surface area (TPSA) is 117 Å². The van der Waals surface area contributed by atoms with E-state index in [2.05, 4.69) is 37.6 Å². The fraction of sp³-hybridized carbons (Fsp3) is 0.0500. The van der Waals surface area contributed by atoms with Crippen LogP contribution < -0.4 is 16.0 Å². The number of nitrogens with zero attached hydrogens (tertiary/aromatic N) is 1. The highest BCUT2D eigenvalue weighted by Crippen LogP contribution is 2.43. The van der Waals surface area contributed by atoms with Crippen molar-refractivity contribution in [3.63, 3.8) is 0 Å². The number of hydrazine groups is 1. The maximum Gasteiger partial charge on any atom is 0.417 e. The Labute approximate surface area is 199 Å². The second-order valence-electron chi connectivity index (χ2n) is 6.48. The molecule has 0 aliphatic heterocycles. The molecule has 0 fully saturated rings. The van der Waals surface area contributed by atoms with Crippen LogP contribution in [0.5, 0.6) is 5.75 Å². The summed E-state index contributed by atoms with van der Waals surface area (Å²) in [5.74, 6) is 4.98. The first kappa shape index (κ1) is 24.9. The molecule has 33 heavy (non-hydrogen) atoms. The van der Waals surface area contributed by atoms with Gasteiger partial charge in [0.15, 0.2) is 0 Å². The molecule has 7 nitrogen and oxygen atoms in total. The normalized spacial score (nSPS) is 12.3. The Balaban J connectivity index is 2.09. The number of aliphatic imine (C=N–C) groups is 1. The highest BCUT2D eigenvalue weighted by atomic mass is 79.9. The number of benzene rings is 3. The van der Waals surface area contributed by atoms with Gasteiger partial charge >= 0.3 is 6.18 Å². The Morgan fingerprint density at radius 2 is 1.85 bits per heavy atom. The SMILES string of the molecule is C=C(N=CNN)Sc1cc(NS(=O)(=O)c2ccc(Br)c(C(F)(F)F)c2)c2ccccc2c1O. The largest absolute Gasteiger partial charge is 0.506 e. The van der Waals surface area contributed by atoms with Crippen LogP contribution in [-0.2, 0) is 16.2 Å². The van der Waals surface area contributed by atoms with E-state index < -0.39 is 26.7 Å². The third kappa shape index (κ3) is 5.61. The summed E-state index contributed by atoms with van der Waals surface area (Å²) in [5.41, 5.74) is 1.13. The number of halogens is 4. The van der Waals surface area contributed by atoms with Crippen molar-refractivity contribution in [2.75, 3.05) is 4.72 Å². The molecule has 0 aliphatic rings. The number of aromatic hydroxyl groups is 1. The number of anilines is 1. The van der Waals surface area contributed by atoms with Gasteiger partial charge in [-0.25, -0.2) is 19.3 Å². The Morgan fingerprint density at radius 1 is 1.18 bits per heavy atom. The summed E-state index contributed by atoms with van der Waals surface area (Å²) in [6.45, 7) is 3.71. The average Bonchev–Trinajstić information content (AvgIpc) is 2.74. The average molecular weight is 561 g/mol. The molecule has 0 unspecified atom stereocenters. The van der Waals surface area contributed by atoms with E-state index in [-0.39, 0.29) is 25.8 Å². The number of thioether (sulfide) groups is 1. The van der Waals surface area contributed by atoms with Crippen molar-refractivity contribution < 1.29 is 26.7 Å². The van der Waals surface area contributed by atoms with Gasteiger partial charge in [0.2, 0.25) is 0 Å². The molecule has 0 heterocycles. The van der Waals surface area contributed by atoms with Crippen molar-refractivity contribution in [3.8, 4) is 5.75 Å². The molecular weight excluding hydrogens is 545 g/mol. The van der Waals surface area contributed by atoms with E-state index >= 15 is 0 Å². The van der Waals surface area contributed by atoms with Crippen LogP contribution in [0.2, 0.25) is 0 Å². The first-order chi connectivity index (χ1) is 15.4. The van der Waals surface area contributed by atoms with E-state index in [1.165, 1.54) is 12.4 Å². The first-order valence-electron chi connectivity index (χ1n) is 8.93. The lowest BCUT2D eigenvalue weighted by Crippen LogP contribution is -2.18. The van der Waals surface area contributed by atoms with Crippen LogP contribution in [0, 0.1) is 0 Å². The lowest BCUT2D eigenvalue weighted by atomic mass is 10.1. The quantitative estimate of drug-likeness (QED) is 0.0789. The van der Waals surface area contributed by atoms with E-state index in [4.69, 9.17) is 5.84 Å². The van der Waals surface area contributed by atoms with E-state index in [0.29, 0.717) is 16.8 Å². The van der Waals surface area contributed by atoms with Crippen molar-refractivity contribution in [2.24, 2.45) is 10.8 Å². The lowest BCUT2D eigenvalue weighted by Gasteiger charge is -2.16. The van der Waals surface area contributed by atoms with Crippen molar-refractivity contribution in [1.29, 1.82) is 0 Å². The number of nitrogens with one attached hydrogen (secondary N) is 2. The number of nitrogens with two attached hydrogens (primary N) is 1. The molecule has 0 aromatic heterocycles. The molecule has 3 aromatic rings. The summed E-state index contributed by atoms with van der Waals surface area (Å²) in [6.07, 6.45) is -3.58. The van der Waals surface area contributed by atoms with Gasteiger partial charge in [-0.15, -0.1) is 0 Å². The Hall–Kier alpha value is -2.74. The molecule has 0 atom stereocenters. The molecule has 0 saturated carbocycles. The van der Waals surface area contributed by atoms with Gasteiger partial charge < -0.3 is 10.5 Å². The molecule has 0 saturated heterocycles. The van der Waals surface area contributed by atoms with Gasteiger partial charge in [-0.3, -0.25) is 4.72 Å². The highest BCUT2D eigenvalue weighted by molar-refractivity contribution is 9.10. The van der Waals surface area contributed by atoms with Crippen molar-refractivity contribution >= 4 is 60.5 Å². The van der Waals surface area contributed by atoms with Crippen LogP contribution in [0.1, 0.15) is 5.56 Å². The molecule has 0 aliphatic carbocycles. The Morgan fingerprint density at radius 3 is 2.48 bits per heavy atom. The van der Waals surface area contributed by atoms with Crippen LogP contribution in [0.4, 0.5) is 18.9 Å². The van der Waals surface area contributed by atoms with E-state index in [1.807, 2.05) is 0 Å². The minimum absolute atomic E-state index is 0.0520. The van der Waals surface area contributed by atoms with Crippen molar-refractivity contribution in [1.82, 2.24) is 5.43 Å². The molecule has 13 heteroatoms. The number of phenolic OH excluding ortho intramolecular Hbond substituents is 1. The number of rotatable bonds is 7. The number of hydrogen-bond acceptors (Lipinski definition) is 6. The van der Waals surface area contributed by atoms with E-state index in [0.717, 1.165) is 23.9 Å². The van der Waals surface area contributed by atoms with Gasteiger partial charge in [-0.1, -0.05) is 58.5 Å². The maximum atomic E-state index is 13.3. The maximum absolute atomic E-state index is 13.3. The highest BCUT2D eigenvalue weighted by Gasteiger charge is 2.34. The third-order valence-corrected chi connectivity index (χ3v) is 7.22. The summed E-state index contributed by atoms with van der Waals surface area (Å²) < 4.78 is 67.7. The Kier molecular flexibility index (Phi) is 7.26. The third-order valence-electron chi connectivity index (χ3n) is 4.29. The summed E-state index contributed by atoms with van der Waals surface area (Å²) in [6, 6.07) is 10.4. The standard InChI is InChI=1S/C20H16BrF3N4O3S2/c1-11(26-10-27-25)32-18-9-17(13-4-2-3-5-14(13)19(18)29)28-33(30,31)12-6-7-16(21)15(8-12)20(22,23)24/h2-10,28-29H,1,25H2,(H,26,27). The van der Waals surface area contributed by atoms with Crippen LogP contribution in [-0.4, -0.2) is 19.9 Å². The smallest absolute Gasteiger partial charge is 0.417 e. The number of phenols is 1. The molecule has 5 N–H and O–H groups in total. The van der Waals surface area contributed by atoms with Crippen LogP contribution >= 0.6 is 27.7 Å². The minimum atomic E-state index is -4.75. The zero-order chi connectivity index (χ0) is 24.4. The molecule has 3 aromatic carbocycles. The second kappa shape index (κ2) is 9.63. The fourth-order valence-electron chi connectivity index (χ4n) is 2.85. The monoisotopic (exact) mass is 560 g/mol. The first-order valence-corrected chi connectivity index (χ1v) is 12.0. The number of sulfonamides is 1. The second-order valence-corrected chi connectivity index (χ2v) is 10.1. The molecule has 0 spiro atoms. The number of fused-ring (bicyclic) bond motifs is 1. The number of hydrogen-bond donors (Lipinski definition) is 4. The van der Waals surface area contributed by atoms with Crippen LogP contribution in [0.15, 0.2) is 79.4 Å². The lowest BCUT2D eigenvalue weighted by molar-refractivity contribution is -0.138. The van der Waals surface area contributed by atoms with Crippen LogP contribution in [0.3, 0.4) is 0 Å². The molecule has 0 bridgehead atoms. The summed E-state index contributed by atoms with van der Waals surface area (Å²) in [7, 11) is -4.42. The van der Waals surface area contributed by atoms with Gasteiger partial charge in [-0.2, -0.15) is 13.2 Å². The predicted octanol–water partition coefficient (Wildman–Crippen LogP) is 5.18. The summed E-state index contributed by atoms with van der Waals surface area (Å²) in [5, 5.41) is 11.6. The van der Waals surface area contributed by atoms with Gasteiger partial charge in [0.1, 0.15) is 12.1 Å². The minimum Gasteiger partial charge on any atom is -0.506 e. The predicted molar refractivity (Wildman–Crippen MR) is 126 cm³/mol. The molecule has 3 rings (SSSR count). The van der Waals surface area contributed by atoms with E-state index in [9.17, 15) is 26.7 Å². The fourth-order valence-corrected chi connectivity index (χ4v) is 5.16. The molecular formula is C20H16BrF3N4O3S2. The Bertz CT molecular complexity index is 1360.